The van der Waals surface area contributed by atoms with E-state index in [9.17, 15) is 41.4 Å². The fraction of sp³-hybridized carbons (Fsp3) is 0.467. The van der Waals surface area contributed by atoms with Crippen LogP contribution in [0.2, 0.25) is 5.02 Å². The van der Waals surface area contributed by atoms with Gasteiger partial charge < -0.3 is 40.9 Å². The number of aliphatic hydroxyl groups is 1. The molecule has 1 unspecified atom stereocenters. The van der Waals surface area contributed by atoms with Crippen molar-refractivity contribution in [2.24, 2.45) is 7.05 Å². The Hall–Kier alpha value is -4.82. The highest BCUT2D eigenvalue weighted by atomic mass is 35.5. The number of carboxylic acid groups (broad SMARTS) is 1. The standard InChI is InChI=1S/C29H33ClF5N9O4.CH2O2/c1-42(27(48)40-19-11-36-13-21(19)45)8-4-3-7-37-25(46)16-6-5-15(9-18(16)30)39-26(47)24-38-12-20(43(24)2)17-14-44(22-10-28(22,31)32)41-23(17)29(33,34)35;2-1-3/h5-6,9,12,14,19,21-22,36,45H,3-4,7-8,10-11,13H2,1-2H3,(H,37,46)(H,39,47)(H,40,48);1H,(H,2,3)/t19-,21-,22?;/m0./s1. The van der Waals surface area contributed by atoms with Crippen molar-refractivity contribution in [3.05, 3.63) is 52.7 Å². The number of unbranched alkanes of at least 4 members (excludes halogenated alkanes) is 1. The van der Waals surface area contributed by atoms with Crippen LogP contribution in [0.4, 0.5) is 32.4 Å². The smallest absolute Gasteiger partial charge is 0.435 e. The van der Waals surface area contributed by atoms with E-state index in [0.717, 1.165) is 17.0 Å². The summed E-state index contributed by atoms with van der Waals surface area (Å²) in [4.78, 5) is 51.7. The van der Waals surface area contributed by atoms with Crippen LogP contribution in [0.3, 0.4) is 0 Å². The number of β-amino-alcohol motifs (C(OH)–C–C–N with tert-alkyl or cyclic N) is 1. The molecule has 0 spiro atoms. The molecule has 6 N–H and O–H groups in total. The number of anilines is 1. The summed E-state index contributed by atoms with van der Waals surface area (Å²) in [6.07, 6.45) is -3.17. The Balaban J connectivity index is 0.00000188. The highest BCUT2D eigenvalue weighted by Crippen LogP contribution is 2.53. The van der Waals surface area contributed by atoms with Gasteiger partial charge in [0.1, 0.15) is 6.04 Å². The number of aliphatic hydroxyl groups excluding tert-OH is 1. The fourth-order valence-corrected chi connectivity index (χ4v) is 5.49. The second-order valence-corrected chi connectivity index (χ2v) is 12.2. The minimum Gasteiger partial charge on any atom is -0.483 e. The third kappa shape index (κ3) is 9.50. The Labute approximate surface area is 292 Å². The largest absolute Gasteiger partial charge is 0.483 e. The van der Waals surface area contributed by atoms with Crippen molar-refractivity contribution in [2.45, 2.75) is 49.5 Å². The van der Waals surface area contributed by atoms with Crippen LogP contribution in [0.1, 0.15) is 52.0 Å². The van der Waals surface area contributed by atoms with Gasteiger partial charge in [-0.05, 0) is 31.0 Å². The van der Waals surface area contributed by atoms with Gasteiger partial charge >= 0.3 is 12.2 Å². The minimum atomic E-state index is -4.95. The number of rotatable bonds is 11. The number of urea groups is 1. The summed E-state index contributed by atoms with van der Waals surface area (Å²) in [5, 5.41) is 31.1. The first-order valence-corrected chi connectivity index (χ1v) is 15.8. The number of alkyl halides is 5. The molecular weight excluding hydrogens is 713 g/mol. The molecule has 15 nitrogen and oxygen atoms in total. The molecule has 2 fully saturated rings. The van der Waals surface area contributed by atoms with E-state index in [4.69, 9.17) is 21.5 Å². The molecule has 51 heavy (non-hydrogen) atoms. The van der Waals surface area contributed by atoms with Gasteiger partial charge in [0, 0.05) is 58.6 Å². The number of halogens is 6. The van der Waals surface area contributed by atoms with Crippen molar-refractivity contribution in [2.75, 3.05) is 38.5 Å². The van der Waals surface area contributed by atoms with Gasteiger partial charge in [0.2, 0.25) is 0 Å². The third-order valence-electron chi connectivity index (χ3n) is 8.10. The average molecular weight is 748 g/mol. The van der Waals surface area contributed by atoms with Crippen molar-refractivity contribution >= 4 is 41.6 Å². The van der Waals surface area contributed by atoms with Crippen LogP contribution in [-0.4, -0.2) is 110 Å². The van der Waals surface area contributed by atoms with Crippen LogP contribution in [0.15, 0.2) is 30.6 Å². The maximum absolute atomic E-state index is 13.7. The first-order chi connectivity index (χ1) is 24.0. The lowest BCUT2D eigenvalue weighted by atomic mass is 10.2. The number of imidazole rings is 1. The summed E-state index contributed by atoms with van der Waals surface area (Å²) in [5.74, 6) is -4.71. The molecule has 5 rings (SSSR count). The predicted molar refractivity (Wildman–Crippen MR) is 172 cm³/mol. The Morgan fingerprint density at radius 1 is 1.20 bits per heavy atom. The van der Waals surface area contributed by atoms with Gasteiger partial charge in [-0.2, -0.15) is 18.3 Å². The van der Waals surface area contributed by atoms with Gasteiger partial charge in [-0.25, -0.2) is 18.6 Å². The Kier molecular flexibility index (Phi) is 12.2. The molecule has 1 aromatic carbocycles. The molecule has 0 bridgehead atoms. The van der Waals surface area contributed by atoms with Crippen molar-refractivity contribution in [3.8, 4) is 11.3 Å². The molecule has 0 radical (unpaired) electrons. The molecule has 1 aliphatic carbocycles. The van der Waals surface area contributed by atoms with Crippen molar-refractivity contribution in [1.29, 1.82) is 0 Å². The quantitative estimate of drug-likeness (QED) is 0.0971. The molecule has 3 atom stereocenters. The summed E-state index contributed by atoms with van der Waals surface area (Å²) in [5.41, 5.74) is -1.74. The molecule has 1 aliphatic heterocycles. The first kappa shape index (κ1) is 39.0. The number of carbonyl (C=O) groups is 4. The lowest BCUT2D eigenvalue weighted by Gasteiger charge is -2.22. The van der Waals surface area contributed by atoms with Crippen LogP contribution in [-0.2, 0) is 18.0 Å². The van der Waals surface area contributed by atoms with Gasteiger partial charge in [-0.1, -0.05) is 11.6 Å². The second-order valence-electron chi connectivity index (χ2n) is 11.8. The lowest BCUT2D eigenvalue weighted by Crippen LogP contribution is -2.48. The van der Waals surface area contributed by atoms with E-state index < -0.39 is 53.7 Å². The third-order valence-corrected chi connectivity index (χ3v) is 8.41. The summed E-state index contributed by atoms with van der Waals surface area (Å²) < 4.78 is 69.9. The van der Waals surface area contributed by atoms with Gasteiger partial charge in [0.15, 0.2) is 11.5 Å². The van der Waals surface area contributed by atoms with Crippen LogP contribution in [0, 0.1) is 0 Å². The molecule has 2 aromatic heterocycles. The summed E-state index contributed by atoms with van der Waals surface area (Å²) in [6, 6.07) is 1.98. The van der Waals surface area contributed by atoms with Gasteiger partial charge in [-0.15, -0.1) is 0 Å². The van der Waals surface area contributed by atoms with Crippen molar-refractivity contribution < 1.29 is 51.3 Å². The monoisotopic (exact) mass is 747 g/mol. The van der Waals surface area contributed by atoms with Crippen LogP contribution >= 0.6 is 11.6 Å². The lowest BCUT2D eigenvalue weighted by molar-refractivity contribution is -0.141. The maximum atomic E-state index is 13.7. The fourth-order valence-electron chi connectivity index (χ4n) is 5.22. The van der Waals surface area contributed by atoms with Crippen molar-refractivity contribution in [1.82, 2.24) is 40.2 Å². The molecule has 1 saturated carbocycles. The average Bonchev–Trinajstić information content (AvgIpc) is 3.43. The van der Waals surface area contributed by atoms with E-state index in [2.05, 4.69) is 31.3 Å². The molecule has 4 amide bonds. The number of hydrogen-bond acceptors (Lipinski definition) is 8. The van der Waals surface area contributed by atoms with Crippen LogP contribution < -0.4 is 21.3 Å². The number of amides is 4. The minimum absolute atomic E-state index is 0.0185. The van der Waals surface area contributed by atoms with E-state index in [0.29, 0.717) is 43.7 Å². The summed E-state index contributed by atoms with van der Waals surface area (Å²) in [7, 11) is 2.93. The van der Waals surface area contributed by atoms with Crippen molar-refractivity contribution in [3.63, 3.8) is 0 Å². The van der Waals surface area contributed by atoms with E-state index in [1.54, 1.807) is 7.05 Å². The SMILES string of the molecule is CN(CCCCNC(=O)c1ccc(NC(=O)c2ncc(-c3cn(C4CC4(F)F)nc3C(F)(F)F)n2C)cc1Cl)C(=O)N[C@H]1CNC[C@@H]1O.O=CO. The maximum Gasteiger partial charge on any atom is 0.435 e. The number of nitrogens with one attached hydrogen (secondary N) is 4. The molecule has 278 valence electrons. The molecule has 2 aliphatic rings. The summed E-state index contributed by atoms with van der Waals surface area (Å²) >= 11 is 6.30. The normalized spacial score (nSPS) is 19.0. The van der Waals surface area contributed by atoms with Crippen LogP contribution in [0.25, 0.3) is 11.3 Å². The first-order valence-electron chi connectivity index (χ1n) is 15.4. The van der Waals surface area contributed by atoms with Gasteiger partial charge in [0.25, 0.3) is 24.2 Å². The number of hydrogen-bond donors (Lipinski definition) is 6. The number of aromatic nitrogens is 4. The molecule has 3 heterocycles. The predicted octanol–water partition coefficient (Wildman–Crippen LogP) is 2.97. The van der Waals surface area contributed by atoms with E-state index in [1.165, 1.54) is 30.1 Å². The molecular formula is C30H35ClF5N9O6. The Bertz CT molecular complexity index is 1750. The zero-order chi connectivity index (χ0) is 37.7. The van der Waals surface area contributed by atoms with Gasteiger partial charge in [0.05, 0.1) is 40.2 Å². The highest BCUT2D eigenvalue weighted by molar-refractivity contribution is 6.34. The number of benzene rings is 1. The number of nitrogens with zero attached hydrogens (tertiary/aromatic N) is 5. The molecule has 3 aromatic rings. The zero-order valence-electron chi connectivity index (χ0n) is 27.2. The second kappa shape index (κ2) is 16.0. The zero-order valence-corrected chi connectivity index (χ0v) is 27.9. The van der Waals surface area contributed by atoms with Crippen LogP contribution in [0.5, 0.6) is 0 Å². The highest BCUT2D eigenvalue weighted by Gasteiger charge is 2.59. The van der Waals surface area contributed by atoms with Gasteiger partial charge in [-0.3, -0.25) is 19.1 Å². The van der Waals surface area contributed by atoms with E-state index in [-0.39, 0.29) is 46.3 Å². The number of carbonyl (C=O) groups excluding carboxylic acids is 3. The summed E-state index contributed by atoms with van der Waals surface area (Å²) in [6.45, 7) is 1.39. The van der Waals surface area contributed by atoms with E-state index in [1.807, 2.05) is 0 Å². The molecule has 21 heteroatoms. The Morgan fingerprint density at radius 3 is 2.47 bits per heavy atom. The Morgan fingerprint density at radius 2 is 1.88 bits per heavy atom. The molecule has 1 saturated heterocycles. The topological polar surface area (TPSA) is 196 Å². The van der Waals surface area contributed by atoms with E-state index >= 15 is 0 Å².